The number of rotatable bonds is 2. The first-order valence-corrected chi connectivity index (χ1v) is 5.02. The minimum atomic E-state index is 0. The molecule has 17 heavy (non-hydrogen) atoms. The molecule has 2 aromatic carbocycles. The van der Waals surface area contributed by atoms with Gasteiger partial charge in [-0.15, -0.1) is 5.11 Å². The van der Waals surface area contributed by atoms with E-state index in [1.807, 2.05) is 43.3 Å². The molecule has 0 bridgehead atoms. The first-order chi connectivity index (χ1) is 7.75. The van der Waals surface area contributed by atoms with E-state index < -0.39 is 0 Å². The molecule has 4 heteroatoms. The van der Waals surface area contributed by atoms with E-state index in [1.54, 1.807) is 12.1 Å². The van der Waals surface area contributed by atoms with E-state index in [0.717, 1.165) is 11.3 Å². The summed E-state index contributed by atoms with van der Waals surface area (Å²) in [7, 11) is 0. The van der Waals surface area contributed by atoms with Crippen LogP contribution < -0.4 is 0 Å². The van der Waals surface area contributed by atoms with Gasteiger partial charge in [-0.2, -0.15) is 5.11 Å². The minimum absolute atomic E-state index is 0. The molecule has 0 aliphatic heterocycles. The summed E-state index contributed by atoms with van der Waals surface area (Å²) < 4.78 is 0. The van der Waals surface area contributed by atoms with Crippen LogP contribution in [0.4, 0.5) is 11.4 Å². The largest absolute Gasteiger partial charge is 1.00 e. The van der Waals surface area contributed by atoms with E-state index in [4.69, 9.17) is 0 Å². The Morgan fingerprint density at radius 3 is 2.29 bits per heavy atom. The smallest absolute Gasteiger partial charge is 0.506 e. The normalized spacial score (nSPS) is 10.2. The quantitative estimate of drug-likeness (QED) is 0.650. The van der Waals surface area contributed by atoms with Gasteiger partial charge in [0.25, 0.3) is 0 Å². The molecule has 0 saturated carbocycles. The van der Waals surface area contributed by atoms with E-state index >= 15 is 0 Å². The van der Waals surface area contributed by atoms with Gasteiger partial charge < -0.3 is 5.11 Å². The molecule has 0 aliphatic carbocycles. The maximum Gasteiger partial charge on any atom is 1.00 e. The fourth-order valence-corrected chi connectivity index (χ4v) is 1.32. The number of nitrogens with zero attached hydrogens (tertiary/aromatic N) is 2. The summed E-state index contributed by atoms with van der Waals surface area (Å²) in [6.07, 6.45) is 0. The van der Waals surface area contributed by atoms with Crippen molar-refractivity contribution in [2.24, 2.45) is 10.2 Å². The van der Waals surface area contributed by atoms with Crippen molar-refractivity contribution in [2.45, 2.75) is 6.92 Å². The standard InChI is InChI=1S/C13H12N2O.Cu/c1-10-7-8-12(13(16)9-10)15-14-11-5-3-2-4-6-11;/h2-9,16H,1H3;/q;+1. The molecular weight excluding hydrogens is 264 g/mol. The average molecular weight is 276 g/mol. The Balaban J connectivity index is 0.00000144. The second-order valence-electron chi connectivity index (χ2n) is 3.53. The molecular formula is C13H12CuN2O+. The van der Waals surface area contributed by atoms with Gasteiger partial charge >= 0.3 is 17.1 Å². The van der Waals surface area contributed by atoms with Crippen molar-refractivity contribution in [3.63, 3.8) is 0 Å². The van der Waals surface area contributed by atoms with Gasteiger partial charge in [-0.1, -0.05) is 24.3 Å². The van der Waals surface area contributed by atoms with Gasteiger partial charge in [0.15, 0.2) is 0 Å². The summed E-state index contributed by atoms with van der Waals surface area (Å²) in [5.41, 5.74) is 2.24. The summed E-state index contributed by atoms with van der Waals surface area (Å²) in [4.78, 5) is 0. The van der Waals surface area contributed by atoms with Gasteiger partial charge in [0.2, 0.25) is 0 Å². The van der Waals surface area contributed by atoms with Gasteiger partial charge in [-0.3, -0.25) is 0 Å². The van der Waals surface area contributed by atoms with Gasteiger partial charge in [-0.05, 0) is 36.8 Å². The first kappa shape index (κ1) is 13.4. The van der Waals surface area contributed by atoms with Crippen LogP contribution in [0.5, 0.6) is 5.75 Å². The molecule has 0 atom stereocenters. The summed E-state index contributed by atoms with van der Waals surface area (Å²) in [5.74, 6) is 0.152. The SMILES string of the molecule is Cc1ccc(N=Nc2ccccc2)c(O)c1.[Cu+]. The number of aryl methyl sites for hydroxylation is 1. The zero-order chi connectivity index (χ0) is 11.4. The minimum Gasteiger partial charge on any atom is -0.506 e. The van der Waals surface area contributed by atoms with Crippen LogP contribution in [0.3, 0.4) is 0 Å². The molecule has 3 nitrogen and oxygen atoms in total. The Labute approximate surface area is 111 Å². The third kappa shape index (κ3) is 3.70. The third-order valence-corrected chi connectivity index (χ3v) is 2.16. The monoisotopic (exact) mass is 275 g/mol. The maximum atomic E-state index is 9.62. The van der Waals surface area contributed by atoms with E-state index in [0.29, 0.717) is 5.69 Å². The van der Waals surface area contributed by atoms with Crippen molar-refractivity contribution in [1.82, 2.24) is 0 Å². The number of azo groups is 1. The third-order valence-electron chi connectivity index (χ3n) is 2.16. The first-order valence-electron chi connectivity index (χ1n) is 5.02. The summed E-state index contributed by atoms with van der Waals surface area (Å²) >= 11 is 0. The summed E-state index contributed by atoms with van der Waals surface area (Å²) in [6.45, 7) is 1.91. The van der Waals surface area contributed by atoms with E-state index in [2.05, 4.69) is 10.2 Å². The van der Waals surface area contributed by atoms with Crippen LogP contribution in [-0.4, -0.2) is 5.11 Å². The van der Waals surface area contributed by atoms with Crippen LogP contribution >= 0.6 is 0 Å². The fraction of sp³-hybridized carbons (Fsp3) is 0.0769. The number of benzene rings is 2. The summed E-state index contributed by atoms with van der Waals surface area (Å²) in [5, 5.41) is 17.6. The second kappa shape index (κ2) is 6.18. The number of hydrogen-bond acceptors (Lipinski definition) is 3. The number of phenols is 1. The molecule has 0 unspecified atom stereocenters. The predicted octanol–water partition coefficient (Wildman–Crippen LogP) is 4.11. The van der Waals surface area contributed by atoms with Crippen molar-refractivity contribution in [2.75, 3.05) is 0 Å². The van der Waals surface area contributed by atoms with Gasteiger partial charge in [0.05, 0.1) is 5.69 Å². The molecule has 0 radical (unpaired) electrons. The van der Waals surface area contributed by atoms with Gasteiger partial charge in [0, 0.05) is 0 Å². The molecule has 2 rings (SSSR count). The van der Waals surface area contributed by atoms with Crippen molar-refractivity contribution in [1.29, 1.82) is 0 Å². The molecule has 0 saturated heterocycles. The van der Waals surface area contributed by atoms with E-state index in [9.17, 15) is 5.11 Å². The molecule has 0 heterocycles. The van der Waals surface area contributed by atoms with E-state index in [1.165, 1.54) is 0 Å². The summed E-state index contributed by atoms with van der Waals surface area (Å²) in [6, 6.07) is 14.7. The van der Waals surface area contributed by atoms with E-state index in [-0.39, 0.29) is 22.8 Å². The topological polar surface area (TPSA) is 45.0 Å². The number of hydrogen-bond donors (Lipinski definition) is 1. The molecule has 2 aromatic rings. The molecule has 0 amide bonds. The van der Waals surface area contributed by atoms with Crippen molar-refractivity contribution >= 4 is 11.4 Å². The van der Waals surface area contributed by atoms with Crippen LogP contribution in [0.25, 0.3) is 0 Å². The molecule has 0 aromatic heterocycles. The van der Waals surface area contributed by atoms with Crippen LogP contribution in [0.2, 0.25) is 0 Å². The van der Waals surface area contributed by atoms with Crippen molar-refractivity contribution in [3.8, 4) is 5.75 Å². The Morgan fingerprint density at radius 2 is 1.65 bits per heavy atom. The predicted molar refractivity (Wildman–Crippen MR) is 63.5 cm³/mol. The Morgan fingerprint density at radius 1 is 0.941 bits per heavy atom. The van der Waals surface area contributed by atoms with Crippen LogP contribution in [-0.2, 0) is 17.1 Å². The van der Waals surface area contributed by atoms with Gasteiger partial charge in [-0.25, -0.2) is 0 Å². The molecule has 0 aliphatic rings. The number of aromatic hydroxyl groups is 1. The van der Waals surface area contributed by atoms with Crippen LogP contribution in [0.1, 0.15) is 5.56 Å². The Kier molecular flexibility index (Phi) is 4.88. The molecule has 0 spiro atoms. The number of phenolic OH excluding ortho intramolecular Hbond substituents is 1. The Hall–Kier alpha value is -1.64. The van der Waals surface area contributed by atoms with Crippen LogP contribution in [0, 0.1) is 6.92 Å². The van der Waals surface area contributed by atoms with Crippen molar-refractivity contribution < 1.29 is 22.2 Å². The van der Waals surface area contributed by atoms with Crippen molar-refractivity contribution in [3.05, 3.63) is 54.1 Å². The zero-order valence-corrected chi connectivity index (χ0v) is 10.2. The average Bonchev–Trinajstić information content (AvgIpc) is 2.29. The Bertz CT molecular complexity index is 512. The van der Waals surface area contributed by atoms with Crippen LogP contribution in [0.15, 0.2) is 58.8 Å². The molecule has 90 valence electrons. The zero-order valence-electron chi connectivity index (χ0n) is 9.26. The fourth-order valence-electron chi connectivity index (χ4n) is 1.32. The van der Waals surface area contributed by atoms with Gasteiger partial charge in [0.1, 0.15) is 11.4 Å². The molecule has 1 N–H and O–H groups in total. The second-order valence-corrected chi connectivity index (χ2v) is 3.53. The maximum absolute atomic E-state index is 9.62. The molecule has 0 fully saturated rings.